The first-order valence-corrected chi connectivity index (χ1v) is 20.7. The van der Waals surface area contributed by atoms with Crippen molar-refractivity contribution in [3.8, 4) is 23.3 Å². The lowest BCUT2D eigenvalue weighted by atomic mass is 10.1. The Morgan fingerprint density at radius 2 is 1.03 bits per heavy atom. The normalized spacial score (nSPS) is 17.8. The number of aromatic nitrogens is 4. The number of pyridine rings is 4. The maximum atomic E-state index is 12.6. The van der Waals surface area contributed by atoms with Crippen LogP contribution in [0.3, 0.4) is 0 Å². The van der Waals surface area contributed by atoms with E-state index in [0.717, 1.165) is 97.5 Å². The molecule has 0 radical (unpaired) electrons. The second kappa shape index (κ2) is 18.7. The second-order valence-electron chi connectivity index (χ2n) is 15.9. The van der Waals surface area contributed by atoms with E-state index in [-0.39, 0.29) is 49.3 Å². The summed E-state index contributed by atoms with van der Waals surface area (Å²) in [5.41, 5.74) is 4.90. The van der Waals surface area contributed by atoms with Crippen LogP contribution in [-0.2, 0) is 13.1 Å². The Labute approximate surface area is 351 Å². The van der Waals surface area contributed by atoms with Gasteiger partial charge in [0.15, 0.2) is 0 Å². The van der Waals surface area contributed by atoms with E-state index in [0.29, 0.717) is 36.0 Å². The number of carbonyl (C=O) groups excluding carboxylic acids is 2. The lowest BCUT2D eigenvalue weighted by Crippen LogP contribution is -2.39. The number of amides is 2. The number of hydrogen-bond acceptors (Lipinski definition) is 14. The third-order valence-corrected chi connectivity index (χ3v) is 11.7. The molecular formula is C44H56N8O8. The summed E-state index contributed by atoms with van der Waals surface area (Å²) in [6.45, 7) is 11.8. The lowest BCUT2D eigenvalue weighted by molar-refractivity contribution is 0.0637. The number of carbonyl (C=O) groups is 2. The fraction of sp³-hybridized carbons (Fsp3) is 0.500. The summed E-state index contributed by atoms with van der Waals surface area (Å²) in [4.78, 5) is 51.2. The van der Waals surface area contributed by atoms with E-state index in [1.807, 2.05) is 52.0 Å². The molecule has 16 heteroatoms. The molecule has 4 aromatic rings. The lowest BCUT2D eigenvalue weighted by Gasteiger charge is -2.33. The third-order valence-electron chi connectivity index (χ3n) is 11.7. The van der Waals surface area contributed by atoms with Crippen molar-refractivity contribution in [2.75, 3.05) is 63.4 Å². The summed E-state index contributed by atoms with van der Waals surface area (Å²) in [5, 5.41) is 18.8. The van der Waals surface area contributed by atoms with Crippen LogP contribution in [0.4, 0.5) is 11.6 Å². The van der Waals surface area contributed by atoms with Crippen molar-refractivity contribution in [3.05, 3.63) is 82.4 Å². The Morgan fingerprint density at radius 1 is 0.650 bits per heavy atom. The molecular weight excluding hydrogens is 769 g/mol. The predicted molar refractivity (Wildman–Crippen MR) is 224 cm³/mol. The van der Waals surface area contributed by atoms with Crippen LogP contribution in [0.2, 0.25) is 0 Å². The number of piperidine rings is 2. The number of rotatable bonds is 12. The Hall–Kier alpha value is -5.74. The minimum atomic E-state index is -0.212. The van der Waals surface area contributed by atoms with E-state index < -0.39 is 0 Å². The van der Waals surface area contributed by atoms with Crippen molar-refractivity contribution < 1.29 is 38.7 Å². The van der Waals surface area contributed by atoms with Gasteiger partial charge in [0.1, 0.15) is 35.3 Å². The molecule has 8 rings (SSSR count). The molecule has 0 unspecified atom stereocenters. The minimum Gasteiger partial charge on any atom is -0.489 e. The average Bonchev–Trinajstić information content (AvgIpc) is 3.78. The molecule has 2 saturated heterocycles. The van der Waals surface area contributed by atoms with Crippen LogP contribution in [-0.4, -0.2) is 130 Å². The molecule has 8 heterocycles. The summed E-state index contributed by atoms with van der Waals surface area (Å²) in [5.74, 6) is 4.41. The molecule has 4 aliphatic heterocycles. The van der Waals surface area contributed by atoms with Gasteiger partial charge < -0.3 is 48.8 Å². The zero-order valence-electron chi connectivity index (χ0n) is 35.3. The fourth-order valence-electron chi connectivity index (χ4n) is 8.09. The van der Waals surface area contributed by atoms with Gasteiger partial charge in [-0.1, -0.05) is 0 Å². The Balaban J connectivity index is 0.000000181. The molecule has 4 aromatic heterocycles. The molecule has 0 saturated carbocycles. The van der Waals surface area contributed by atoms with Crippen LogP contribution >= 0.6 is 0 Å². The Kier molecular flexibility index (Phi) is 13.2. The van der Waals surface area contributed by atoms with E-state index >= 15 is 0 Å². The molecule has 320 valence electrons. The number of anilines is 2. The van der Waals surface area contributed by atoms with Crippen molar-refractivity contribution in [1.82, 2.24) is 29.7 Å². The summed E-state index contributed by atoms with van der Waals surface area (Å²) in [7, 11) is 3.18. The topological polar surface area (TPSA) is 176 Å². The van der Waals surface area contributed by atoms with Gasteiger partial charge in [-0.05, 0) is 63.1 Å². The zero-order chi connectivity index (χ0) is 42.5. The van der Waals surface area contributed by atoms with Crippen LogP contribution in [0.25, 0.3) is 0 Å². The van der Waals surface area contributed by atoms with Gasteiger partial charge in [0.25, 0.3) is 11.8 Å². The van der Waals surface area contributed by atoms with Crippen LogP contribution in [0, 0.1) is 13.8 Å². The molecule has 16 nitrogen and oxygen atoms in total. The molecule has 2 atom stereocenters. The van der Waals surface area contributed by atoms with E-state index in [2.05, 4.69) is 19.8 Å². The Bertz CT molecular complexity index is 1970. The maximum absolute atomic E-state index is 12.6. The molecule has 4 aliphatic rings. The first kappa shape index (κ1) is 42.4. The van der Waals surface area contributed by atoms with Gasteiger partial charge in [-0.3, -0.25) is 9.59 Å². The van der Waals surface area contributed by atoms with E-state index in [4.69, 9.17) is 28.9 Å². The van der Waals surface area contributed by atoms with Crippen molar-refractivity contribution in [3.63, 3.8) is 0 Å². The minimum absolute atomic E-state index is 0.0473. The van der Waals surface area contributed by atoms with Gasteiger partial charge in [0.05, 0.1) is 87.5 Å². The highest BCUT2D eigenvalue weighted by Gasteiger charge is 2.35. The van der Waals surface area contributed by atoms with Gasteiger partial charge in [-0.2, -0.15) is 0 Å². The first-order valence-electron chi connectivity index (χ1n) is 20.7. The standard InChI is InChI=1S/2C22H28N4O4/c2*1-14-10-18-19(12-26(22(18)28)15(2)13-27)24-21(14)25-8-6-16(7-9-25)30-17-4-5-20(29-3)23-11-17/h2*4-5,10-11,15-16,27H,6-9,12-13H2,1-3H3/t2*15-/m10/s1. The van der Waals surface area contributed by atoms with Crippen LogP contribution in [0.5, 0.6) is 23.3 Å². The molecule has 2 fully saturated rings. The number of aliphatic hydroxyl groups excluding tert-OH is 2. The summed E-state index contributed by atoms with van der Waals surface area (Å²) < 4.78 is 22.3. The van der Waals surface area contributed by atoms with E-state index in [1.54, 1.807) is 48.5 Å². The number of aryl methyl sites for hydroxylation is 2. The first-order chi connectivity index (χ1) is 29.0. The van der Waals surface area contributed by atoms with Crippen LogP contribution in [0.15, 0.2) is 48.8 Å². The van der Waals surface area contributed by atoms with Crippen molar-refractivity contribution in [2.24, 2.45) is 0 Å². The molecule has 60 heavy (non-hydrogen) atoms. The molecule has 0 aliphatic carbocycles. The van der Waals surface area contributed by atoms with Crippen molar-refractivity contribution in [1.29, 1.82) is 0 Å². The number of fused-ring (bicyclic) bond motifs is 2. The maximum Gasteiger partial charge on any atom is 0.256 e. The van der Waals surface area contributed by atoms with Crippen molar-refractivity contribution in [2.45, 2.75) is 90.8 Å². The zero-order valence-corrected chi connectivity index (χ0v) is 35.3. The van der Waals surface area contributed by atoms with Gasteiger partial charge in [-0.15, -0.1) is 0 Å². The highest BCUT2D eigenvalue weighted by molar-refractivity contribution is 5.99. The van der Waals surface area contributed by atoms with Crippen molar-refractivity contribution >= 4 is 23.5 Å². The van der Waals surface area contributed by atoms with E-state index in [9.17, 15) is 19.8 Å². The summed E-state index contributed by atoms with van der Waals surface area (Å²) in [6, 6.07) is 10.8. The highest BCUT2D eigenvalue weighted by Crippen LogP contribution is 2.33. The third kappa shape index (κ3) is 9.19. The molecule has 2 amide bonds. The second-order valence-corrected chi connectivity index (χ2v) is 15.9. The number of hydrogen-bond donors (Lipinski definition) is 2. The smallest absolute Gasteiger partial charge is 0.256 e. The van der Waals surface area contributed by atoms with Gasteiger partial charge >= 0.3 is 0 Å². The SMILES string of the molecule is COc1ccc(OC2CCN(c3nc4c(cc3C)C(=O)N([C@@H](C)CO)C4)CC2)cn1.COc1ccc(OC2CCN(c3nc4c(cc3C)C(=O)N([C@H](C)CO)C4)CC2)cn1. The molecule has 2 N–H and O–H groups in total. The molecule has 0 bridgehead atoms. The predicted octanol–water partition coefficient (Wildman–Crippen LogP) is 4.36. The van der Waals surface area contributed by atoms with Gasteiger partial charge in [0.2, 0.25) is 11.8 Å². The number of methoxy groups -OCH3 is 2. The van der Waals surface area contributed by atoms with Gasteiger partial charge in [-0.25, -0.2) is 19.9 Å². The van der Waals surface area contributed by atoms with Gasteiger partial charge in [0, 0.05) is 64.0 Å². The largest absolute Gasteiger partial charge is 0.489 e. The quantitative estimate of drug-likeness (QED) is 0.206. The van der Waals surface area contributed by atoms with Crippen LogP contribution in [0.1, 0.15) is 82.8 Å². The monoisotopic (exact) mass is 824 g/mol. The number of aliphatic hydroxyl groups is 2. The van der Waals surface area contributed by atoms with Crippen LogP contribution < -0.4 is 28.7 Å². The molecule has 0 aromatic carbocycles. The molecule has 0 spiro atoms. The number of ether oxygens (including phenoxy) is 4. The fourth-order valence-corrected chi connectivity index (χ4v) is 8.09. The highest BCUT2D eigenvalue weighted by atomic mass is 16.5. The average molecular weight is 825 g/mol. The Morgan fingerprint density at radius 3 is 1.35 bits per heavy atom. The number of nitrogens with zero attached hydrogens (tertiary/aromatic N) is 8. The summed E-state index contributed by atoms with van der Waals surface area (Å²) in [6.07, 6.45) is 7.19. The van der Waals surface area contributed by atoms with E-state index in [1.165, 1.54) is 0 Å². The summed E-state index contributed by atoms with van der Waals surface area (Å²) >= 11 is 0.